The van der Waals surface area contributed by atoms with Gasteiger partial charge in [-0.2, -0.15) is 13.5 Å². The van der Waals surface area contributed by atoms with Gasteiger partial charge >= 0.3 is 0 Å². The number of phenolic OH excluding ortho intramolecular Hbond substituents is 1. The normalized spacial score (nSPS) is 11.5. The number of benzene rings is 2. The first-order chi connectivity index (χ1) is 10.4. The number of rotatable bonds is 5. The fourth-order valence-electron chi connectivity index (χ4n) is 1.66. The molecule has 8 heteroatoms. The first-order valence-electron chi connectivity index (χ1n) is 6.14. The predicted octanol–water partition coefficient (Wildman–Crippen LogP) is 2.09. The van der Waals surface area contributed by atoms with Crippen LogP contribution in [-0.2, 0) is 10.1 Å². The van der Waals surface area contributed by atoms with Gasteiger partial charge in [-0.15, -0.1) is 0 Å². The highest BCUT2D eigenvalue weighted by atomic mass is 32.2. The van der Waals surface area contributed by atoms with Crippen molar-refractivity contribution < 1.29 is 22.8 Å². The number of hydrogen-bond acceptors (Lipinski definition) is 6. The Morgan fingerprint density at radius 3 is 2.45 bits per heavy atom. The molecule has 0 radical (unpaired) electrons. The van der Waals surface area contributed by atoms with E-state index in [2.05, 4.69) is 10.5 Å². The fourth-order valence-corrected chi connectivity index (χ4v) is 2.14. The van der Waals surface area contributed by atoms with Crippen molar-refractivity contribution in [3.63, 3.8) is 0 Å². The quantitative estimate of drug-likeness (QED) is 0.442. The molecule has 2 rings (SSSR count). The van der Waals surface area contributed by atoms with Gasteiger partial charge in [0.25, 0.3) is 10.1 Å². The van der Waals surface area contributed by atoms with E-state index in [1.54, 1.807) is 12.1 Å². The number of phenols is 1. The van der Waals surface area contributed by atoms with Crippen molar-refractivity contribution in [2.45, 2.75) is 4.90 Å². The van der Waals surface area contributed by atoms with Gasteiger partial charge in [0.15, 0.2) is 11.5 Å². The summed E-state index contributed by atoms with van der Waals surface area (Å²) in [4.78, 5) is -0.190. The second-order valence-corrected chi connectivity index (χ2v) is 5.72. The third-order valence-electron chi connectivity index (χ3n) is 2.76. The Hall–Kier alpha value is -2.58. The highest BCUT2D eigenvalue weighted by Gasteiger charge is 2.07. The van der Waals surface area contributed by atoms with Gasteiger partial charge in [-0.1, -0.05) is 0 Å². The summed E-state index contributed by atoms with van der Waals surface area (Å²) in [5.74, 6) is 0.370. The molecule has 116 valence electrons. The van der Waals surface area contributed by atoms with E-state index in [-0.39, 0.29) is 10.6 Å². The Labute approximate surface area is 127 Å². The maximum Gasteiger partial charge on any atom is 0.294 e. The molecule has 0 spiro atoms. The molecule has 0 heterocycles. The second-order valence-electron chi connectivity index (χ2n) is 4.30. The van der Waals surface area contributed by atoms with Crippen molar-refractivity contribution in [2.75, 3.05) is 12.5 Å². The number of nitrogens with one attached hydrogen (secondary N) is 1. The molecule has 0 unspecified atom stereocenters. The van der Waals surface area contributed by atoms with E-state index in [1.807, 2.05) is 0 Å². The van der Waals surface area contributed by atoms with Gasteiger partial charge in [0, 0.05) is 0 Å². The molecule has 0 saturated carbocycles. The summed E-state index contributed by atoms with van der Waals surface area (Å²) >= 11 is 0. The van der Waals surface area contributed by atoms with E-state index >= 15 is 0 Å². The van der Waals surface area contributed by atoms with Crippen LogP contribution in [0.1, 0.15) is 5.56 Å². The Balaban J connectivity index is 2.06. The number of ether oxygens (including phenoxy) is 1. The zero-order chi connectivity index (χ0) is 16.2. The van der Waals surface area contributed by atoms with Crippen LogP contribution in [0.15, 0.2) is 52.5 Å². The van der Waals surface area contributed by atoms with E-state index in [4.69, 9.17) is 9.29 Å². The molecule has 0 aliphatic rings. The second kappa shape index (κ2) is 6.46. The summed E-state index contributed by atoms with van der Waals surface area (Å²) in [5, 5.41) is 13.5. The average Bonchev–Trinajstić information content (AvgIpc) is 2.48. The van der Waals surface area contributed by atoms with Crippen molar-refractivity contribution in [3.05, 3.63) is 48.0 Å². The van der Waals surface area contributed by atoms with E-state index < -0.39 is 10.1 Å². The van der Waals surface area contributed by atoms with Crippen LogP contribution in [0.2, 0.25) is 0 Å². The van der Waals surface area contributed by atoms with Crippen LogP contribution in [-0.4, -0.2) is 31.4 Å². The van der Waals surface area contributed by atoms with Gasteiger partial charge in [-0.25, -0.2) is 0 Å². The Morgan fingerprint density at radius 2 is 1.86 bits per heavy atom. The average molecular weight is 322 g/mol. The zero-order valence-electron chi connectivity index (χ0n) is 11.6. The van der Waals surface area contributed by atoms with Gasteiger partial charge < -0.3 is 9.84 Å². The number of methoxy groups -OCH3 is 1. The molecule has 0 fully saturated rings. The largest absolute Gasteiger partial charge is 0.504 e. The fraction of sp³-hybridized carbons (Fsp3) is 0.0714. The van der Waals surface area contributed by atoms with Gasteiger partial charge in [0.2, 0.25) is 0 Å². The summed E-state index contributed by atoms with van der Waals surface area (Å²) in [7, 11) is -2.75. The van der Waals surface area contributed by atoms with E-state index in [9.17, 15) is 13.5 Å². The van der Waals surface area contributed by atoms with Crippen LogP contribution in [0.4, 0.5) is 5.69 Å². The van der Waals surface area contributed by atoms with Crippen LogP contribution >= 0.6 is 0 Å². The standard InChI is InChI=1S/C14H14N2O5S/c1-21-14-8-10(2-7-13(14)17)9-15-16-11-3-5-12(6-4-11)22(18,19)20/h2-9,16-17H,1H3,(H,18,19,20)/b15-9+. The van der Waals surface area contributed by atoms with Crippen molar-refractivity contribution in [3.8, 4) is 11.5 Å². The SMILES string of the molecule is COc1cc(/C=N/Nc2ccc(S(=O)(=O)O)cc2)ccc1O. The number of nitrogens with zero attached hydrogens (tertiary/aromatic N) is 1. The van der Waals surface area contributed by atoms with Crippen molar-refractivity contribution in [2.24, 2.45) is 5.10 Å². The highest BCUT2D eigenvalue weighted by molar-refractivity contribution is 7.85. The number of hydrazone groups is 1. The molecule has 0 aliphatic heterocycles. The minimum Gasteiger partial charge on any atom is -0.504 e. The number of aromatic hydroxyl groups is 1. The maximum absolute atomic E-state index is 10.9. The smallest absolute Gasteiger partial charge is 0.294 e. The topological polar surface area (TPSA) is 108 Å². The van der Waals surface area contributed by atoms with Gasteiger partial charge in [0.1, 0.15) is 0 Å². The lowest BCUT2D eigenvalue weighted by atomic mass is 10.2. The van der Waals surface area contributed by atoms with Crippen LogP contribution in [0.25, 0.3) is 0 Å². The lowest BCUT2D eigenvalue weighted by molar-refractivity contribution is 0.373. The minimum atomic E-state index is -4.20. The number of hydrogen-bond donors (Lipinski definition) is 3. The van der Waals surface area contributed by atoms with E-state index in [0.717, 1.165) is 0 Å². The monoisotopic (exact) mass is 322 g/mol. The summed E-state index contributed by atoms with van der Waals surface area (Å²) in [5.41, 5.74) is 3.97. The molecule has 0 aliphatic carbocycles. The summed E-state index contributed by atoms with van der Waals surface area (Å²) < 4.78 is 35.7. The summed E-state index contributed by atoms with van der Waals surface area (Å²) in [6.07, 6.45) is 1.51. The van der Waals surface area contributed by atoms with E-state index in [0.29, 0.717) is 17.0 Å². The predicted molar refractivity (Wildman–Crippen MR) is 82.1 cm³/mol. The van der Waals surface area contributed by atoms with Crippen LogP contribution in [0.5, 0.6) is 11.5 Å². The lowest BCUT2D eigenvalue weighted by Gasteiger charge is -2.04. The van der Waals surface area contributed by atoms with Gasteiger partial charge in [0.05, 0.1) is 23.9 Å². The van der Waals surface area contributed by atoms with E-state index in [1.165, 1.54) is 43.7 Å². The molecule has 22 heavy (non-hydrogen) atoms. The first-order valence-corrected chi connectivity index (χ1v) is 7.58. The highest BCUT2D eigenvalue weighted by Crippen LogP contribution is 2.25. The number of anilines is 1. The van der Waals surface area contributed by atoms with Gasteiger partial charge in [-0.05, 0) is 48.0 Å². The third-order valence-corrected chi connectivity index (χ3v) is 3.63. The van der Waals surface area contributed by atoms with Crippen molar-refractivity contribution in [1.29, 1.82) is 0 Å². The molecule has 7 nitrogen and oxygen atoms in total. The Morgan fingerprint density at radius 1 is 1.18 bits per heavy atom. The molecule has 0 amide bonds. The Kier molecular flexibility index (Phi) is 4.64. The maximum atomic E-state index is 10.9. The van der Waals surface area contributed by atoms with Crippen LogP contribution < -0.4 is 10.2 Å². The van der Waals surface area contributed by atoms with Crippen molar-refractivity contribution >= 4 is 22.0 Å². The van der Waals surface area contributed by atoms with Crippen LogP contribution in [0, 0.1) is 0 Å². The molecule has 0 aromatic heterocycles. The zero-order valence-corrected chi connectivity index (χ0v) is 12.4. The molecule has 0 atom stereocenters. The molecular weight excluding hydrogens is 308 g/mol. The molecule has 0 saturated heterocycles. The van der Waals surface area contributed by atoms with Crippen LogP contribution in [0.3, 0.4) is 0 Å². The molecule has 2 aromatic rings. The first kappa shape index (κ1) is 15.8. The molecule has 2 aromatic carbocycles. The van der Waals surface area contributed by atoms with Crippen molar-refractivity contribution in [1.82, 2.24) is 0 Å². The lowest BCUT2D eigenvalue weighted by Crippen LogP contribution is -1.98. The summed E-state index contributed by atoms with van der Waals surface area (Å²) in [6, 6.07) is 10.2. The molecular formula is C14H14N2O5S. The minimum absolute atomic E-state index is 0.0356. The van der Waals surface area contributed by atoms with Gasteiger partial charge in [-0.3, -0.25) is 9.98 Å². The third kappa shape index (κ3) is 3.96. The Bertz CT molecular complexity index is 785. The molecule has 0 bridgehead atoms. The molecule has 3 N–H and O–H groups in total. The summed E-state index contributed by atoms with van der Waals surface area (Å²) in [6.45, 7) is 0.